The number of hydrogen-bond donors (Lipinski definition) is 0. The molecule has 2 unspecified atom stereocenters. The van der Waals surface area contributed by atoms with Gasteiger partial charge in [-0.3, -0.25) is 9.59 Å². The van der Waals surface area contributed by atoms with Gasteiger partial charge in [-0.25, -0.2) is 4.39 Å². The molecule has 1 aliphatic carbocycles. The summed E-state index contributed by atoms with van der Waals surface area (Å²) < 4.78 is 13.3. The van der Waals surface area contributed by atoms with E-state index in [4.69, 9.17) is 4.84 Å². The van der Waals surface area contributed by atoms with Crippen molar-refractivity contribution < 1.29 is 18.8 Å². The summed E-state index contributed by atoms with van der Waals surface area (Å²) in [7, 11) is 0. The normalized spacial score (nSPS) is 26.2. The Bertz CT molecular complexity index is 837. The van der Waals surface area contributed by atoms with Crippen LogP contribution in [0.4, 0.5) is 4.39 Å². The van der Waals surface area contributed by atoms with E-state index in [1.54, 1.807) is 12.1 Å². The summed E-state index contributed by atoms with van der Waals surface area (Å²) in [6, 6.07) is 5.74. The largest absolute Gasteiger partial charge is 0.379 e. The molecule has 2 atom stereocenters. The first-order chi connectivity index (χ1) is 11.9. The SMILES string of the molecule is CC(C)(C)C1=CC(=O)C2(C(C)(C)C)ON=C(c3ccc(F)cc3)C2C1=O. The van der Waals surface area contributed by atoms with Crippen molar-refractivity contribution in [3.8, 4) is 0 Å². The lowest BCUT2D eigenvalue weighted by Gasteiger charge is -2.44. The van der Waals surface area contributed by atoms with Gasteiger partial charge in [0.25, 0.3) is 0 Å². The minimum atomic E-state index is -1.39. The first kappa shape index (κ1) is 18.5. The highest BCUT2D eigenvalue weighted by molar-refractivity contribution is 6.27. The Morgan fingerprint density at radius 2 is 1.62 bits per heavy atom. The van der Waals surface area contributed by atoms with E-state index in [2.05, 4.69) is 5.16 Å². The van der Waals surface area contributed by atoms with E-state index in [9.17, 15) is 14.0 Å². The van der Waals surface area contributed by atoms with E-state index in [0.717, 1.165) is 0 Å². The fraction of sp³-hybridized carbons (Fsp3) is 0.476. The smallest absolute Gasteiger partial charge is 0.219 e. The average Bonchev–Trinajstić information content (AvgIpc) is 2.93. The Morgan fingerprint density at radius 3 is 2.12 bits per heavy atom. The fourth-order valence-corrected chi connectivity index (χ4v) is 3.75. The molecule has 0 bridgehead atoms. The van der Waals surface area contributed by atoms with Crippen LogP contribution < -0.4 is 0 Å². The number of Topliss-reactive ketones (excluding diaryl/α,β-unsaturated/α-hetero) is 1. The number of rotatable bonds is 1. The molecule has 1 aromatic carbocycles. The molecule has 0 fully saturated rings. The van der Waals surface area contributed by atoms with Crippen molar-refractivity contribution in [2.75, 3.05) is 0 Å². The third kappa shape index (κ3) is 2.52. The van der Waals surface area contributed by atoms with Gasteiger partial charge in [-0.15, -0.1) is 0 Å². The maximum atomic E-state index is 13.4. The highest BCUT2D eigenvalue weighted by Gasteiger charge is 2.66. The molecule has 1 aliphatic heterocycles. The molecule has 5 heteroatoms. The van der Waals surface area contributed by atoms with Crippen molar-refractivity contribution in [2.24, 2.45) is 21.9 Å². The van der Waals surface area contributed by atoms with Crippen LogP contribution in [0.25, 0.3) is 0 Å². The van der Waals surface area contributed by atoms with Crippen LogP contribution >= 0.6 is 0 Å². The summed E-state index contributed by atoms with van der Waals surface area (Å²) >= 11 is 0. The lowest BCUT2D eigenvalue weighted by Crippen LogP contribution is -2.61. The number of halogens is 1. The number of carbonyl (C=O) groups excluding carboxylic acids is 2. The molecule has 138 valence electrons. The molecule has 1 heterocycles. The highest BCUT2D eigenvalue weighted by Crippen LogP contribution is 2.51. The molecule has 3 rings (SSSR count). The second-order valence-electron chi connectivity index (χ2n) is 9.03. The topological polar surface area (TPSA) is 55.7 Å². The Kier molecular flexibility index (Phi) is 3.98. The van der Waals surface area contributed by atoms with E-state index in [1.807, 2.05) is 41.5 Å². The number of carbonyl (C=O) groups is 2. The van der Waals surface area contributed by atoms with Crippen LogP contribution in [-0.2, 0) is 14.4 Å². The number of hydrogen-bond acceptors (Lipinski definition) is 4. The van der Waals surface area contributed by atoms with Crippen molar-refractivity contribution in [2.45, 2.75) is 47.1 Å². The maximum Gasteiger partial charge on any atom is 0.219 e. The number of allylic oxidation sites excluding steroid dienone is 1. The Hall–Kier alpha value is -2.30. The predicted molar refractivity (Wildman–Crippen MR) is 97.3 cm³/mol. The first-order valence-corrected chi connectivity index (χ1v) is 8.72. The van der Waals surface area contributed by atoms with Crippen molar-refractivity contribution >= 4 is 17.3 Å². The summed E-state index contributed by atoms with van der Waals surface area (Å²) in [4.78, 5) is 32.4. The van der Waals surface area contributed by atoms with Crippen LogP contribution in [-0.4, -0.2) is 22.9 Å². The summed E-state index contributed by atoms with van der Waals surface area (Å²) in [5.74, 6) is -1.63. The quantitative estimate of drug-likeness (QED) is 0.761. The van der Waals surface area contributed by atoms with Crippen molar-refractivity contribution in [1.29, 1.82) is 0 Å². The molecular weight excluding hydrogens is 333 g/mol. The second kappa shape index (κ2) is 5.60. The molecule has 0 radical (unpaired) electrons. The predicted octanol–water partition coefficient (Wildman–Crippen LogP) is 4.09. The Balaban J connectivity index is 2.21. The zero-order valence-corrected chi connectivity index (χ0v) is 16.0. The molecule has 0 saturated heterocycles. The van der Waals surface area contributed by atoms with Crippen LogP contribution in [0, 0.1) is 22.6 Å². The van der Waals surface area contributed by atoms with E-state index < -0.39 is 22.3 Å². The molecular formula is C21H24FNO3. The average molecular weight is 357 g/mol. The summed E-state index contributed by atoms with van der Waals surface area (Å²) in [6.45, 7) is 11.3. The van der Waals surface area contributed by atoms with Gasteiger partial charge in [0.15, 0.2) is 5.78 Å². The zero-order valence-electron chi connectivity index (χ0n) is 16.0. The van der Waals surface area contributed by atoms with Crippen LogP contribution in [0.15, 0.2) is 41.1 Å². The molecule has 4 nitrogen and oxygen atoms in total. The van der Waals surface area contributed by atoms with Crippen molar-refractivity contribution in [3.05, 3.63) is 47.3 Å². The van der Waals surface area contributed by atoms with E-state index in [-0.39, 0.29) is 17.4 Å². The highest BCUT2D eigenvalue weighted by atomic mass is 19.1. The van der Waals surface area contributed by atoms with Crippen LogP contribution in [0.3, 0.4) is 0 Å². The molecule has 26 heavy (non-hydrogen) atoms. The molecule has 0 spiro atoms. The molecule has 0 saturated carbocycles. The summed E-state index contributed by atoms with van der Waals surface area (Å²) in [6.07, 6.45) is 1.42. The van der Waals surface area contributed by atoms with Gasteiger partial charge in [0.1, 0.15) is 17.4 Å². The van der Waals surface area contributed by atoms with Gasteiger partial charge in [0.2, 0.25) is 11.4 Å². The third-order valence-electron chi connectivity index (χ3n) is 5.20. The third-order valence-corrected chi connectivity index (χ3v) is 5.20. The standard InChI is InChI=1S/C21H24FNO3/c1-19(2,3)14-11-15(24)21(20(4,5)6)16(18(14)25)17(23-26-21)12-7-9-13(22)10-8-12/h7-11,16H,1-6H3. The zero-order chi connectivity index (χ0) is 19.5. The van der Waals surface area contributed by atoms with Crippen LogP contribution in [0.2, 0.25) is 0 Å². The molecule has 2 aliphatic rings. The monoisotopic (exact) mass is 357 g/mol. The minimum Gasteiger partial charge on any atom is -0.379 e. The number of fused-ring (bicyclic) bond motifs is 1. The fourth-order valence-electron chi connectivity index (χ4n) is 3.75. The van der Waals surface area contributed by atoms with E-state index in [0.29, 0.717) is 16.8 Å². The summed E-state index contributed by atoms with van der Waals surface area (Å²) in [5.41, 5.74) is -1.09. The van der Waals surface area contributed by atoms with Crippen LogP contribution in [0.5, 0.6) is 0 Å². The Morgan fingerprint density at radius 1 is 1.04 bits per heavy atom. The Labute approximate surface area is 153 Å². The maximum absolute atomic E-state index is 13.4. The van der Waals surface area contributed by atoms with Gasteiger partial charge in [0, 0.05) is 16.6 Å². The molecule has 0 aromatic heterocycles. The lowest BCUT2D eigenvalue weighted by atomic mass is 9.58. The van der Waals surface area contributed by atoms with Crippen LogP contribution in [0.1, 0.15) is 47.1 Å². The van der Waals surface area contributed by atoms with Gasteiger partial charge >= 0.3 is 0 Å². The molecule has 1 aromatic rings. The van der Waals surface area contributed by atoms with Gasteiger partial charge in [0.05, 0.1) is 0 Å². The van der Waals surface area contributed by atoms with Crippen molar-refractivity contribution in [1.82, 2.24) is 0 Å². The van der Waals surface area contributed by atoms with E-state index >= 15 is 0 Å². The second-order valence-corrected chi connectivity index (χ2v) is 9.03. The van der Waals surface area contributed by atoms with Gasteiger partial charge in [-0.2, -0.15) is 0 Å². The molecule has 0 amide bonds. The lowest BCUT2D eigenvalue weighted by molar-refractivity contribution is -0.165. The van der Waals surface area contributed by atoms with Gasteiger partial charge in [-0.05, 0) is 23.6 Å². The van der Waals surface area contributed by atoms with Gasteiger partial charge in [-0.1, -0.05) is 58.8 Å². The first-order valence-electron chi connectivity index (χ1n) is 8.72. The van der Waals surface area contributed by atoms with Crippen molar-refractivity contribution in [3.63, 3.8) is 0 Å². The number of nitrogens with zero attached hydrogens (tertiary/aromatic N) is 1. The minimum absolute atomic E-state index is 0.160. The number of oxime groups is 1. The van der Waals surface area contributed by atoms with Gasteiger partial charge < -0.3 is 4.84 Å². The van der Waals surface area contributed by atoms with E-state index in [1.165, 1.54) is 18.2 Å². The summed E-state index contributed by atoms with van der Waals surface area (Å²) in [5, 5.41) is 4.16. The number of benzene rings is 1. The molecule has 0 N–H and O–H groups in total. The number of ketones is 2.